The summed E-state index contributed by atoms with van der Waals surface area (Å²) in [6.07, 6.45) is 44.7. The van der Waals surface area contributed by atoms with Crippen molar-refractivity contribution in [2.75, 3.05) is 39.6 Å². The lowest BCUT2D eigenvalue weighted by atomic mass is 10.0. The fourth-order valence-corrected chi connectivity index (χ4v) is 12.4. The van der Waals surface area contributed by atoms with Gasteiger partial charge < -0.3 is 33.8 Å². The van der Waals surface area contributed by atoms with E-state index in [2.05, 4.69) is 55.4 Å². The highest BCUT2D eigenvalue weighted by Gasteiger charge is 2.30. The molecular formula is C72H140O17P2. The minimum atomic E-state index is -4.95. The van der Waals surface area contributed by atoms with Crippen molar-refractivity contribution in [2.45, 2.75) is 375 Å². The van der Waals surface area contributed by atoms with Crippen molar-refractivity contribution in [3.8, 4) is 0 Å². The van der Waals surface area contributed by atoms with Crippen molar-refractivity contribution in [1.29, 1.82) is 0 Å². The molecule has 0 aliphatic carbocycles. The molecule has 19 heteroatoms. The van der Waals surface area contributed by atoms with Gasteiger partial charge in [0.1, 0.15) is 19.3 Å². The first kappa shape index (κ1) is 89.1. The van der Waals surface area contributed by atoms with Crippen molar-refractivity contribution in [3.63, 3.8) is 0 Å². The third-order valence-corrected chi connectivity index (χ3v) is 18.5. The van der Waals surface area contributed by atoms with Crippen LogP contribution in [-0.2, 0) is 65.4 Å². The van der Waals surface area contributed by atoms with Crippen LogP contribution in [0.25, 0.3) is 0 Å². The van der Waals surface area contributed by atoms with E-state index in [1.807, 2.05) is 0 Å². The van der Waals surface area contributed by atoms with Gasteiger partial charge in [-0.25, -0.2) is 9.13 Å². The summed E-state index contributed by atoms with van der Waals surface area (Å²) >= 11 is 0. The summed E-state index contributed by atoms with van der Waals surface area (Å²) < 4.78 is 68.3. The second kappa shape index (κ2) is 61.6. The highest BCUT2D eigenvalue weighted by molar-refractivity contribution is 7.47. The third-order valence-electron chi connectivity index (χ3n) is 16.6. The molecule has 0 aromatic carbocycles. The zero-order chi connectivity index (χ0) is 67.5. The summed E-state index contributed by atoms with van der Waals surface area (Å²) in [6, 6.07) is 0. The molecule has 0 bridgehead atoms. The van der Waals surface area contributed by atoms with Crippen LogP contribution in [0.2, 0.25) is 0 Å². The van der Waals surface area contributed by atoms with E-state index in [1.54, 1.807) is 0 Å². The van der Waals surface area contributed by atoms with E-state index >= 15 is 0 Å². The van der Waals surface area contributed by atoms with Crippen LogP contribution in [0.1, 0.15) is 357 Å². The van der Waals surface area contributed by atoms with Crippen LogP contribution in [0.5, 0.6) is 0 Å². The van der Waals surface area contributed by atoms with Gasteiger partial charge in [0.25, 0.3) is 0 Å². The molecule has 0 saturated carbocycles. The highest BCUT2D eigenvalue weighted by atomic mass is 31.2. The van der Waals surface area contributed by atoms with Gasteiger partial charge in [-0.15, -0.1) is 0 Å². The Labute approximate surface area is 556 Å². The van der Waals surface area contributed by atoms with E-state index in [0.717, 1.165) is 108 Å². The number of phosphoric acid groups is 2. The molecule has 0 aromatic heterocycles. The van der Waals surface area contributed by atoms with E-state index < -0.39 is 97.5 Å². The van der Waals surface area contributed by atoms with E-state index in [-0.39, 0.29) is 25.7 Å². The molecule has 0 aromatic rings. The SMILES string of the molecule is CC(C)CCCCCCCCCCCCCCCCCCC(=O)O[C@H](COC(=O)CCCCCCCCCCCC(C)C)COP(=O)(O)OCC(O)COP(=O)(O)OC[C@@H](COC(=O)CCCCCCCCCCC(C)C)OC(=O)CCCCCCCCC(C)C. The number of hydrogen-bond donors (Lipinski definition) is 3. The van der Waals surface area contributed by atoms with Gasteiger partial charge in [-0.1, -0.05) is 306 Å². The molecule has 3 N–H and O–H groups in total. The molecule has 0 spiro atoms. The minimum absolute atomic E-state index is 0.101. The Morgan fingerprint density at radius 1 is 0.275 bits per heavy atom. The number of carbonyl (C=O) groups excluding carboxylic acids is 4. The van der Waals surface area contributed by atoms with Crippen molar-refractivity contribution in [2.24, 2.45) is 23.7 Å². The lowest BCUT2D eigenvalue weighted by molar-refractivity contribution is -0.161. The summed E-state index contributed by atoms with van der Waals surface area (Å²) in [6.45, 7) is 14.0. The van der Waals surface area contributed by atoms with Gasteiger partial charge in [0.05, 0.1) is 26.4 Å². The van der Waals surface area contributed by atoms with Crippen LogP contribution >= 0.6 is 15.6 Å². The van der Waals surface area contributed by atoms with Crippen LogP contribution in [0.15, 0.2) is 0 Å². The highest BCUT2D eigenvalue weighted by Crippen LogP contribution is 2.45. The van der Waals surface area contributed by atoms with E-state index in [1.165, 1.54) is 161 Å². The maximum atomic E-state index is 13.0. The molecule has 0 aliphatic heterocycles. The number of hydrogen-bond acceptors (Lipinski definition) is 15. The molecule has 5 atom stereocenters. The lowest BCUT2D eigenvalue weighted by Gasteiger charge is -2.21. The van der Waals surface area contributed by atoms with E-state index in [4.69, 9.17) is 37.0 Å². The maximum absolute atomic E-state index is 13.0. The standard InChI is InChI=1S/C72H140O17P2/c1-62(2)48-40-32-24-18-15-13-11-9-10-12-14-16-20-29-38-46-54-71(76)88-67(58-82-69(74)52-44-36-27-21-17-19-25-33-41-49-63(3)4)60-86-90(78,79)84-56-66(73)57-85-91(80,81)87-61-68(89-72(77)55-47-39-31-30-35-43-51-65(7)8)59-83-70(75)53-45-37-28-23-22-26-34-42-50-64(5)6/h62-68,73H,9-61H2,1-8H3,(H,78,79)(H,80,81)/t66?,67-,68-/m1/s1. The van der Waals surface area contributed by atoms with Crippen molar-refractivity contribution >= 4 is 39.5 Å². The fraction of sp³-hybridized carbons (Fsp3) is 0.944. The molecule has 0 radical (unpaired) electrons. The predicted molar refractivity (Wildman–Crippen MR) is 367 cm³/mol. The number of aliphatic hydroxyl groups is 1. The van der Waals surface area contributed by atoms with Gasteiger partial charge in [-0.2, -0.15) is 0 Å². The Kier molecular flexibility index (Phi) is 60.3. The average molecular weight is 1340 g/mol. The average Bonchev–Trinajstić information content (AvgIpc) is 3.71. The first-order valence-corrected chi connectivity index (χ1v) is 40.2. The predicted octanol–water partition coefficient (Wildman–Crippen LogP) is 20.5. The summed E-state index contributed by atoms with van der Waals surface area (Å²) in [7, 11) is -9.90. The van der Waals surface area contributed by atoms with Crippen molar-refractivity contribution in [1.82, 2.24) is 0 Å². The van der Waals surface area contributed by atoms with Gasteiger partial charge in [-0.05, 0) is 49.4 Å². The summed E-state index contributed by atoms with van der Waals surface area (Å²) in [5.74, 6) is 0.817. The number of rotatable bonds is 69. The molecule has 91 heavy (non-hydrogen) atoms. The number of unbranched alkanes of at least 4 members (excludes halogenated alkanes) is 35. The van der Waals surface area contributed by atoms with Crippen molar-refractivity contribution < 1.29 is 80.2 Å². The first-order valence-electron chi connectivity index (χ1n) is 37.2. The largest absolute Gasteiger partial charge is 0.472 e. The number of aliphatic hydroxyl groups excluding tert-OH is 1. The first-order chi connectivity index (χ1) is 43.6. The maximum Gasteiger partial charge on any atom is 0.472 e. The Morgan fingerprint density at radius 2 is 0.462 bits per heavy atom. The molecule has 17 nitrogen and oxygen atoms in total. The van der Waals surface area contributed by atoms with E-state index in [9.17, 15) is 43.2 Å². The molecule has 3 unspecified atom stereocenters. The molecule has 540 valence electrons. The topological polar surface area (TPSA) is 237 Å². The van der Waals surface area contributed by atoms with Gasteiger partial charge in [-0.3, -0.25) is 37.3 Å². The van der Waals surface area contributed by atoms with Gasteiger partial charge in [0, 0.05) is 25.7 Å². The molecule has 0 fully saturated rings. The molecule has 0 heterocycles. The Morgan fingerprint density at radius 3 is 0.681 bits per heavy atom. The van der Waals surface area contributed by atoms with Crippen LogP contribution in [0.4, 0.5) is 0 Å². The minimum Gasteiger partial charge on any atom is -0.462 e. The lowest BCUT2D eigenvalue weighted by Crippen LogP contribution is -2.30. The van der Waals surface area contributed by atoms with Gasteiger partial charge in [0.2, 0.25) is 0 Å². The Bertz CT molecular complexity index is 1800. The van der Waals surface area contributed by atoms with Crippen LogP contribution in [0, 0.1) is 23.7 Å². The molecule has 0 aliphatic rings. The number of carbonyl (C=O) groups is 4. The third kappa shape index (κ3) is 66.5. The number of phosphoric ester groups is 2. The Hall–Kier alpha value is -1.94. The fourth-order valence-electron chi connectivity index (χ4n) is 10.8. The van der Waals surface area contributed by atoms with Crippen LogP contribution in [-0.4, -0.2) is 96.7 Å². The molecule has 0 saturated heterocycles. The second-order valence-corrected chi connectivity index (χ2v) is 30.8. The molecule has 0 rings (SSSR count). The molecular weight excluding hydrogens is 1200 g/mol. The van der Waals surface area contributed by atoms with Crippen molar-refractivity contribution in [3.05, 3.63) is 0 Å². The summed E-state index contributed by atoms with van der Waals surface area (Å²) in [5.41, 5.74) is 0. The Balaban J connectivity index is 5.20. The second-order valence-electron chi connectivity index (χ2n) is 27.9. The quantitative estimate of drug-likeness (QED) is 0.0222. The summed E-state index contributed by atoms with van der Waals surface area (Å²) in [5, 5.41) is 10.6. The zero-order valence-corrected chi connectivity index (χ0v) is 61.3. The van der Waals surface area contributed by atoms with E-state index in [0.29, 0.717) is 31.6 Å². The summed E-state index contributed by atoms with van der Waals surface area (Å²) in [4.78, 5) is 72.5. The monoisotopic (exact) mass is 1340 g/mol. The van der Waals surface area contributed by atoms with Crippen LogP contribution < -0.4 is 0 Å². The van der Waals surface area contributed by atoms with Crippen LogP contribution in [0.3, 0.4) is 0 Å². The van der Waals surface area contributed by atoms with Gasteiger partial charge in [0.15, 0.2) is 12.2 Å². The number of esters is 4. The normalized spacial score (nSPS) is 14.2. The smallest absolute Gasteiger partial charge is 0.462 e. The molecule has 0 amide bonds. The number of ether oxygens (including phenoxy) is 4. The zero-order valence-electron chi connectivity index (χ0n) is 59.5. The van der Waals surface area contributed by atoms with Gasteiger partial charge >= 0.3 is 39.5 Å².